The van der Waals surface area contributed by atoms with Gasteiger partial charge in [0.15, 0.2) is 0 Å². The fourth-order valence-corrected chi connectivity index (χ4v) is 4.00. The van der Waals surface area contributed by atoms with Gasteiger partial charge in [-0.1, -0.05) is 13.8 Å². The van der Waals surface area contributed by atoms with Crippen LogP contribution in [0.4, 0.5) is 21.5 Å². The number of carbonyl (C=O) groups is 2. The topological polar surface area (TPSA) is 104 Å². The zero-order chi connectivity index (χ0) is 24.0. The minimum Gasteiger partial charge on any atom is -0.326 e. The summed E-state index contributed by atoms with van der Waals surface area (Å²) in [5.41, 5.74) is 1.77. The van der Waals surface area contributed by atoms with Crippen LogP contribution in [0.15, 0.2) is 77.7 Å². The van der Waals surface area contributed by atoms with E-state index in [1.807, 2.05) is 13.8 Å². The molecule has 33 heavy (non-hydrogen) atoms. The number of benzene rings is 3. The van der Waals surface area contributed by atoms with Crippen LogP contribution >= 0.6 is 0 Å². The van der Waals surface area contributed by atoms with E-state index in [0.717, 1.165) is 12.1 Å². The highest BCUT2D eigenvalue weighted by Crippen LogP contribution is 2.19. The Morgan fingerprint density at radius 3 is 1.85 bits per heavy atom. The molecule has 0 bridgehead atoms. The van der Waals surface area contributed by atoms with Gasteiger partial charge in [0.05, 0.1) is 4.90 Å². The highest BCUT2D eigenvalue weighted by Gasteiger charge is 2.15. The molecule has 0 aromatic heterocycles. The maximum Gasteiger partial charge on any atom is 0.261 e. The Morgan fingerprint density at radius 2 is 1.30 bits per heavy atom. The molecule has 0 fully saturated rings. The van der Waals surface area contributed by atoms with E-state index in [4.69, 9.17) is 0 Å². The molecule has 0 atom stereocenters. The maximum atomic E-state index is 13.0. The van der Waals surface area contributed by atoms with E-state index < -0.39 is 15.8 Å². The van der Waals surface area contributed by atoms with E-state index in [-0.39, 0.29) is 28.3 Å². The molecule has 9 heteroatoms. The Bertz CT molecular complexity index is 1220. The number of halogens is 1. The number of carbonyl (C=O) groups excluding carboxylic acids is 2. The van der Waals surface area contributed by atoms with Crippen molar-refractivity contribution in [3.8, 4) is 0 Å². The quantitative estimate of drug-likeness (QED) is 0.438. The minimum absolute atomic E-state index is 0.0723. The van der Waals surface area contributed by atoms with Crippen LogP contribution in [0.5, 0.6) is 0 Å². The number of anilines is 3. The first-order chi connectivity index (χ1) is 15.6. The van der Waals surface area contributed by atoms with Crippen LogP contribution in [-0.4, -0.2) is 20.2 Å². The standard InChI is InChI=1S/C24H24FN3O4S/c1-16(2)15-23(29)26-19-9-11-20(12-10-19)27-24(30)17-3-7-21(8-4-17)28-33(31,32)22-13-5-18(25)6-14-22/h3-14,16,28H,15H2,1-2H3,(H,26,29)(H,27,30). The van der Waals surface area contributed by atoms with Crippen LogP contribution in [0.3, 0.4) is 0 Å². The minimum atomic E-state index is -3.88. The Kier molecular flexibility index (Phi) is 7.44. The monoisotopic (exact) mass is 469 g/mol. The summed E-state index contributed by atoms with van der Waals surface area (Å²) in [5, 5.41) is 5.54. The lowest BCUT2D eigenvalue weighted by molar-refractivity contribution is -0.116. The van der Waals surface area contributed by atoms with Crippen LogP contribution in [0, 0.1) is 11.7 Å². The van der Waals surface area contributed by atoms with Crippen molar-refractivity contribution in [2.45, 2.75) is 25.2 Å². The SMILES string of the molecule is CC(C)CC(=O)Nc1ccc(NC(=O)c2ccc(NS(=O)(=O)c3ccc(F)cc3)cc2)cc1. The van der Waals surface area contributed by atoms with Gasteiger partial charge in [0.1, 0.15) is 5.82 Å². The second kappa shape index (κ2) is 10.3. The maximum absolute atomic E-state index is 13.0. The predicted molar refractivity (Wildman–Crippen MR) is 126 cm³/mol. The fourth-order valence-electron chi connectivity index (χ4n) is 2.94. The fraction of sp³-hybridized carbons (Fsp3) is 0.167. The third-order valence-electron chi connectivity index (χ3n) is 4.54. The number of sulfonamides is 1. The molecule has 0 saturated heterocycles. The molecular weight excluding hydrogens is 445 g/mol. The zero-order valence-electron chi connectivity index (χ0n) is 18.1. The van der Waals surface area contributed by atoms with Gasteiger partial charge in [-0.05, 0) is 78.7 Å². The van der Waals surface area contributed by atoms with Crippen LogP contribution in [0.25, 0.3) is 0 Å². The predicted octanol–water partition coefficient (Wildman–Crippen LogP) is 4.86. The average Bonchev–Trinajstić information content (AvgIpc) is 2.75. The molecule has 0 radical (unpaired) electrons. The normalized spacial score (nSPS) is 11.2. The van der Waals surface area contributed by atoms with E-state index in [0.29, 0.717) is 23.4 Å². The summed E-state index contributed by atoms with van der Waals surface area (Å²) in [6.45, 7) is 3.93. The molecule has 3 aromatic rings. The van der Waals surface area contributed by atoms with E-state index in [2.05, 4.69) is 15.4 Å². The third kappa shape index (κ3) is 6.88. The molecule has 3 aromatic carbocycles. The van der Waals surface area contributed by atoms with E-state index >= 15 is 0 Å². The van der Waals surface area contributed by atoms with Gasteiger partial charge in [-0.15, -0.1) is 0 Å². The summed E-state index contributed by atoms with van der Waals surface area (Å²) in [7, 11) is -3.88. The number of rotatable bonds is 8. The Morgan fingerprint density at radius 1 is 0.788 bits per heavy atom. The lowest BCUT2D eigenvalue weighted by atomic mass is 10.1. The number of amides is 2. The van der Waals surface area contributed by atoms with Crippen LogP contribution in [0.1, 0.15) is 30.6 Å². The second-order valence-corrected chi connectivity index (χ2v) is 9.50. The van der Waals surface area contributed by atoms with Crippen molar-refractivity contribution in [3.63, 3.8) is 0 Å². The molecule has 0 aliphatic heterocycles. The van der Waals surface area contributed by atoms with Crippen LogP contribution < -0.4 is 15.4 Å². The number of hydrogen-bond donors (Lipinski definition) is 3. The molecule has 0 spiro atoms. The average molecular weight is 470 g/mol. The van der Waals surface area contributed by atoms with Crippen molar-refractivity contribution < 1.29 is 22.4 Å². The third-order valence-corrected chi connectivity index (χ3v) is 5.94. The Balaban J connectivity index is 1.60. The van der Waals surface area contributed by atoms with Gasteiger partial charge in [0, 0.05) is 29.0 Å². The Hall–Kier alpha value is -3.72. The van der Waals surface area contributed by atoms with Crippen molar-refractivity contribution in [2.24, 2.45) is 5.92 Å². The first kappa shape index (κ1) is 23.9. The smallest absolute Gasteiger partial charge is 0.261 e. The van der Waals surface area contributed by atoms with E-state index in [1.165, 1.54) is 36.4 Å². The molecule has 172 valence electrons. The molecule has 0 saturated carbocycles. The van der Waals surface area contributed by atoms with Crippen LogP contribution in [0.2, 0.25) is 0 Å². The van der Waals surface area contributed by atoms with Crippen molar-refractivity contribution in [1.29, 1.82) is 0 Å². The number of hydrogen-bond acceptors (Lipinski definition) is 4. The molecule has 7 nitrogen and oxygen atoms in total. The van der Waals surface area contributed by atoms with Crippen molar-refractivity contribution in [1.82, 2.24) is 0 Å². The lowest BCUT2D eigenvalue weighted by Crippen LogP contribution is -2.15. The summed E-state index contributed by atoms with van der Waals surface area (Å²) < 4.78 is 40.2. The highest BCUT2D eigenvalue weighted by molar-refractivity contribution is 7.92. The zero-order valence-corrected chi connectivity index (χ0v) is 18.9. The molecule has 3 rings (SSSR count). The molecule has 0 unspecified atom stereocenters. The second-order valence-electron chi connectivity index (χ2n) is 7.81. The van der Waals surface area contributed by atoms with Gasteiger partial charge in [0.25, 0.3) is 15.9 Å². The van der Waals surface area contributed by atoms with Gasteiger partial charge in [-0.2, -0.15) is 0 Å². The molecule has 3 N–H and O–H groups in total. The number of nitrogens with one attached hydrogen (secondary N) is 3. The van der Waals surface area contributed by atoms with E-state index in [1.54, 1.807) is 24.3 Å². The summed E-state index contributed by atoms with van der Waals surface area (Å²) in [6.07, 6.45) is 0.425. The summed E-state index contributed by atoms with van der Waals surface area (Å²) >= 11 is 0. The van der Waals surface area contributed by atoms with Gasteiger partial charge >= 0.3 is 0 Å². The first-order valence-corrected chi connectivity index (χ1v) is 11.7. The lowest BCUT2D eigenvalue weighted by Gasteiger charge is -2.10. The first-order valence-electron chi connectivity index (χ1n) is 10.2. The van der Waals surface area contributed by atoms with Gasteiger partial charge in [-0.3, -0.25) is 14.3 Å². The molecule has 0 heterocycles. The van der Waals surface area contributed by atoms with E-state index in [9.17, 15) is 22.4 Å². The molecule has 0 aliphatic rings. The Labute approximate surface area is 192 Å². The van der Waals surface area contributed by atoms with Crippen LogP contribution in [-0.2, 0) is 14.8 Å². The summed E-state index contributed by atoms with van der Waals surface area (Å²) in [5.74, 6) is -0.723. The van der Waals surface area contributed by atoms with Crippen molar-refractivity contribution in [2.75, 3.05) is 15.4 Å². The summed E-state index contributed by atoms with van der Waals surface area (Å²) in [4.78, 5) is 24.3. The van der Waals surface area contributed by atoms with Gasteiger partial charge < -0.3 is 10.6 Å². The largest absolute Gasteiger partial charge is 0.326 e. The van der Waals surface area contributed by atoms with Gasteiger partial charge in [0.2, 0.25) is 5.91 Å². The highest BCUT2D eigenvalue weighted by atomic mass is 32.2. The molecule has 0 aliphatic carbocycles. The van der Waals surface area contributed by atoms with Gasteiger partial charge in [-0.25, -0.2) is 12.8 Å². The molecular formula is C24H24FN3O4S. The summed E-state index contributed by atoms with van der Waals surface area (Å²) in [6, 6.07) is 17.1. The van der Waals surface area contributed by atoms with Crippen molar-refractivity contribution in [3.05, 3.63) is 84.2 Å². The van der Waals surface area contributed by atoms with Crippen molar-refractivity contribution >= 4 is 38.9 Å². The molecule has 2 amide bonds.